The fourth-order valence-electron chi connectivity index (χ4n) is 2.73. The van der Waals surface area contributed by atoms with Crippen LogP contribution in [0.2, 0.25) is 0 Å². The fourth-order valence-corrected chi connectivity index (χ4v) is 3.47. The van der Waals surface area contributed by atoms with Gasteiger partial charge in [-0.2, -0.15) is 0 Å². The highest BCUT2D eigenvalue weighted by molar-refractivity contribution is 7.05. The second kappa shape index (κ2) is 6.64. The number of nitrogens with one attached hydrogen (secondary N) is 2. The fraction of sp³-hybridized carbons (Fsp3) is 0.375. The molecule has 0 fully saturated rings. The lowest BCUT2D eigenvalue weighted by Gasteiger charge is -2.24. The van der Waals surface area contributed by atoms with Gasteiger partial charge in [-0.05, 0) is 41.2 Å². The molecule has 2 heterocycles. The molecule has 0 unspecified atom stereocenters. The molecule has 8 heteroatoms. The van der Waals surface area contributed by atoms with Crippen molar-refractivity contribution in [3.63, 3.8) is 0 Å². The minimum absolute atomic E-state index is 0.000263. The van der Waals surface area contributed by atoms with E-state index < -0.39 is 11.7 Å². The van der Waals surface area contributed by atoms with Crippen molar-refractivity contribution < 1.29 is 14.0 Å². The Morgan fingerprint density at radius 1 is 1.50 bits per heavy atom. The van der Waals surface area contributed by atoms with E-state index in [0.29, 0.717) is 17.8 Å². The number of rotatable bonds is 4. The Hall–Kier alpha value is -2.35. The van der Waals surface area contributed by atoms with Gasteiger partial charge in [0, 0.05) is 12.1 Å². The third kappa shape index (κ3) is 3.28. The molecule has 6 nitrogen and oxygen atoms in total. The van der Waals surface area contributed by atoms with Crippen LogP contribution in [0, 0.1) is 5.82 Å². The van der Waals surface area contributed by atoms with Crippen LogP contribution >= 0.6 is 11.5 Å². The Kier molecular flexibility index (Phi) is 4.57. The van der Waals surface area contributed by atoms with E-state index >= 15 is 0 Å². The Morgan fingerprint density at radius 3 is 3.04 bits per heavy atom. The minimum Gasteiger partial charge on any atom is -0.351 e. The molecule has 3 rings (SSSR count). The second-order valence-electron chi connectivity index (χ2n) is 5.99. The van der Waals surface area contributed by atoms with Gasteiger partial charge in [-0.1, -0.05) is 18.3 Å². The van der Waals surface area contributed by atoms with E-state index in [9.17, 15) is 14.0 Å². The maximum Gasteiger partial charge on any atom is 0.228 e. The molecule has 2 N–H and O–H groups in total. The molecule has 126 valence electrons. The Labute approximate surface area is 142 Å². The summed E-state index contributed by atoms with van der Waals surface area (Å²) in [5.41, 5.74) is 1.84. The zero-order valence-electron chi connectivity index (χ0n) is 13.3. The molecule has 1 aromatic carbocycles. The molecule has 1 aliphatic heterocycles. The highest BCUT2D eigenvalue weighted by atomic mass is 32.1. The van der Waals surface area contributed by atoms with Gasteiger partial charge in [0.05, 0.1) is 23.0 Å². The van der Waals surface area contributed by atoms with Crippen LogP contribution in [0.4, 0.5) is 10.1 Å². The van der Waals surface area contributed by atoms with Crippen molar-refractivity contribution in [1.29, 1.82) is 0 Å². The van der Waals surface area contributed by atoms with E-state index in [1.165, 1.54) is 29.7 Å². The molecular formula is C16H17FN4O2S. The molecule has 1 aromatic heterocycles. The molecule has 0 saturated heterocycles. The monoisotopic (exact) mass is 348 g/mol. The topological polar surface area (TPSA) is 84.0 Å². The van der Waals surface area contributed by atoms with Crippen LogP contribution in [-0.2, 0) is 16.1 Å². The van der Waals surface area contributed by atoms with Crippen LogP contribution in [0.5, 0.6) is 0 Å². The van der Waals surface area contributed by atoms with Gasteiger partial charge in [0.1, 0.15) is 5.82 Å². The Bertz CT molecular complexity index is 790. The summed E-state index contributed by atoms with van der Waals surface area (Å²) in [5.74, 6) is -1.48. The standard InChI is InChI=1S/C16H17FN4O2S/c1-8(2)15-13(24-21-20-15)7-18-16(23)11-6-14(22)19-12-4-3-9(17)5-10(11)12/h3-5,8,11H,6-7H2,1-2H3,(H,18,23)(H,19,22)/t11-/m1/s1. The molecule has 0 aliphatic carbocycles. The first-order valence-corrected chi connectivity index (χ1v) is 8.41. The maximum atomic E-state index is 13.5. The highest BCUT2D eigenvalue weighted by Crippen LogP contribution is 2.33. The first kappa shape index (κ1) is 16.5. The molecule has 0 spiro atoms. The first-order valence-electron chi connectivity index (χ1n) is 7.64. The lowest BCUT2D eigenvalue weighted by Crippen LogP contribution is -2.34. The molecule has 2 aromatic rings. The first-order chi connectivity index (χ1) is 11.5. The number of benzene rings is 1. The summed E-state index contributed by atoms with van der Waals surface area (Å²) in [6, 6.07) is 4.04. The van der Waals surface area contributed by atoms with Gasteiger partial charge in [0.15, 0.2) is 0 Å². The van der Waals surface area contributed by atoms with Crippen LogP contribution in [0.15, 0.2) is 18.2 Å². The van der Waals surface area contributed by atoms with Crippen molar-refractivity contribution in [2.75, 3.05) is 5.32 Å². The van der Waals surface area contributed by atoms with E-state index in [1.54, 1.807) is 0 Å². The summed E-state index contributed by atoms with van der Waals surface area (Å²) in [5, 5.41) is 9.55. The van der Waals surface area contributed by atoms with Gasteiger partial charge < -0.3 is 10.6 Å². The summed E-state index contributed by atoms with van der Waals surface area (Å²) in [4.78, 5) is 25.2. The van der Waals surface area contributed by atoms with Crippen molar-refractivity contribution in [3.8, 4) is 0 Å². The zero-order valence-corrected chi connectivity index (χ0v) is 14.1. The van der Waals surface area contributed by atoms with E-state index in [1.807, 2.05) is 13.8 Å². The van der Waals surface area contributed by atoms with Crippen LogP contribution < -0.4 is 10.6 Å². The van der Waals surface area contributed by atoms with Gasteiger partial charge in [-0.25, -0.2) is 4.39 Å². The Morgan fingerprint density at radius 2 is 2.29 bits per heavy atom. The van der Waals surface area contributed by atoms with E-state index in [-0.39, 0.29) is 24.2 Å². The van der Waals surface area contributed by atoms with Gasteiger partial charge in [-0.15, -0.1) is 5.10 Å². The van der Waals surface area contributed by atoms with Gasteiger partial charge in [-0.3, -0.25) is 9.59 Å². The SMILES string of the molecule is CC(C)c1nnsc1CNC(=O)[C@@H]1CC(=O)Nc2ccc(F)cc21. The van der Waals surface area contributed by atoms with Crippen molar-refractivity contribution in [1.82, 2.24) is 14.9 Å². The normalized spacial score (nSPS) is 16.7. The number of nitrogens with zero attached hydrogens (tertiary/aromatic N) is 2. The quantitative estimate of drug-likeness (QED) is 0.889. The molecule has 2 amide bonds. The lowest BCUT2D eigenvalue weighted by atomic mass is 9.89. The smallest absolute Gasteiger partial charge is 0.228 e. The molecule has 1 aliphatic rings. The Balaban J connectivity index is 1.77. The molecule has 1 atom stereocenters. The summed E-state index contributed by atoms with van der Waals surface area (Å²) < 4.78 is 17.4. The lowest BCUT2D eigenvalue weighted by molar-refractivity contribution is -0.126. The van der Waals surface area contributed by atoms with Crippen molar-refractivity contribution in [2.45, 2.75) is 38.6 Å². The summed E-state index contributed by atoms with van der Waals surface area (Å²) in [7, 11) is 0. The average molecular weight is 348 g/mol. The van der Waals surface area contributed by atoms with Crippen molar-refractivity contribution in [3.05, 3.63) is 40.2 Å². The molecular weight excluding hydrogens is 331 g/mol. The summed E-state index contributed by atoms with van der Waals surface area (Å²) in [6.45, 7) is 4.31. The minimum atomic E-state index is -0.701. The number of carbonyl (C=O) groups is 2. The highest BCUT2D eigenvalue weighted by Gasteiger charge is 2.31. The van der Waals surface area contributed by atoms with Crippen LogP contribution in [0.25, 0.3) is 0 Å². The largest absolute Gasteiger partial charge is 0.351 e. The molecule has 0 saturated carbocycles. The molecule has 0 radical (unpaired) electrons. The van der Waals surface area contributed by atoms with Crippen LogP contribution in [0.3, 0.4) is 0 Å². The van der Waals surface area contributed by atoms with Gasteiger partial charge in [0.2, 0.25) is 11.8 Å². The molecule has 0 bridgehead atoms. The number of aromatic nitrogens is 2. The second-order valence-corrected chi connectivity index (χ2v) is 6.83. The number of hydrogen-bond acceptors (Lipinski definition) is 5. The van der Waals surface area contributed by atoms with Crippen LogP contribution in [0.1, 0.15) is 48.2 Å². The zero-order chi connectivity index (χ0) is 17.3. The molecule has 24 heavy (non-hydrogen) atoms. The van der Waals surface area contributed by atoms with E-state index in [2.05, 4.69) is 20.2 Å². The number of anilines is 1. The van der Waals surface area contributed by atoms with Crippen molar-refractivity contribution >= 4 is 29.0 Å². The third-order valence-electron chi connectivity index (χ3n) is 3.92. The maximum absolute atomic E-state index is 13.5. The number of amides is 2. The van der Waals surface area contributed by atoms with E-state index in [4.69, 9.17) is 0 Å². The number of halogens is 1. The van der Waals surface area contributed by atoms with Gasteiger partial charge >= 0.3 is 0 Å². The number of fused-ring (bicyclic) bond motifs is 1. The van der Waals surface area contributed by atoms with Crippen LogP contribution in [-0.4, -0.2) is 21.4 Å². The predicted octanol–water partition coefficient (Wildman–Crippen LogP) is 2.54. The number of hydrogen-bond donors (Lipinski definition) is 2. The summed E-state index contributed by atoms with van der Waals surface area (Å²) >= 11 is 1.24. The average Bonchev–Trinajstić information content (AvgIpc) is 3.01. The van der Waals surface area contributed by atoms with Crippen molar-refractivity contribution in [2.24, 2.45) is 0 Å². The summed E-state index contributed by atoms with van der Waals surface area (Å²) in [6.07, 6.45) is 0.000263. The van der Waals surface area contributed by atoms with E-state index in [0.717, 1.165) is 10.6 Å². The number of carbonyl (C=O) groups excluding carboxylic acids is 2. The predicted molar refractivity (Wildman–Crippen MR) is 88.2 cm³/mol. The third-order valence-corrected chi connectivity index (χ3v) is 4.66. The van der Waals surface area contributed by atoms with Gasteiger partial charge in [0.25, 0.3) is 0 Å².